The van der Waals surface area contributed by atoms with E-state index in [2.05, 4.69) is 16.4 Å². The van der Waals surface area contributed by atoms with Crippen molar-refractivity contribution in [2.75, 3.05) is 5.32 Å². The number of nitrogens with zero attached hydrogens (tertiary/aromatic N) is 4. The molecule has 5 aromatic rings. The van der Waals surface area contributed by atoms with Gasteiger partial charge in [0.2, 0.25) is 5.91 Å². The highest BCUT2D eigenvalue weighted by Crippen LogP contribution is 2.36. The molecule has 5 rings (SSSR count). The topological polar surface area (TPSA) is 90.9 Å². The first-order valence-corrected chi connectivity index (χ1v) is 12.7. The van der Waals surface area contributed by atoms with Crippen LogP contribution in [0.3, 0.4) is 0 Å². The lowest BCUT2D eigenvalue weighted by atomic mass is 9.99. The summed E-state index contributed by atoms with van der Waals surface area (Å²) in [6.07, 6.45) is 1.39. The first-order valence-electron chi connectivity index (χ1n) is 11.9. The fraction of sp³-hybridized carbons (Fsp3) is 0.214. The zero-order valence-electron chi connectivity index (χ0n) is 21.3. The van der Waals surface area contributed by atoms with Gasteiger partial charge in [-0.25, -0.2) is 9.67 Å². The van der Waals surface area contributed by atoms with Gasteiger partial charge in [0.05, 0.1) is 23.1 Å². The van der Waals surface area contributed by atoms with Crippen molar-refractivity contribution in [3.8, 4) is 16.8 Å². The van der Waals surface area contributed by atoms with Crippen LogP contribution < -0.4 is 16.4 Å². The quantitative estimate of drug-likeness (QED) is 0.375. The molecule has 188 valence electrons. The highest BCUT2D eigenvalue weighted by Gasteiger charge is 2.21. The number of para-hydroxylation sites is 1. The van der Waals surface area contributed by atoms with E-state index in [1.165, 1.54) is 32.5 Å². The summed E-state index contributed by atoms with van der Waals surface area (Å²) in [4.78, 5) is 45.8. The summed E-state index contributed by atoms with van der Waals surface area (Å²) in [5.74, 6) is -0.478. The molecule has 0 unspecified atom stereocenters. The predicted molar refractivity (Wildman–Crippen MR) is 148 cm³/mol. The second-order valence-corrected chi connectivity index (χ2v) is 10.4. The highest BCUT2D eigenvalue weighted by atomic mass is 32.1. The van der Waals surface area contributed by atoms with E-state index in [0.29, 0.717) is 21.6 Å². The lowest BCUT2D eigenvalue weighted by Crippen LogP contribution is -2.29. The van der Waals surface area contributed by atoms with Crippen molar-refractivity contribution < 1.29 is 4.79 Å². The largest absolute Gasteiger partial charge is 0.318 e. The number of hydrogen-bond acceptors (Lipinski definition) is 5. The van der Waals surface area contributed by atoms with Crippen molar-refractivity contribution in [2.45, 2.75) is 34.2 Å². The van der Waals surface area contributed by atoms with Crippen LogP contribution in [0.15, 0.2) is 64.4 Å². The molecule has 0 aliphatic carbocycles. The van der Waals surface area contributed by atoms with Gasteiger partial charge in [0.1, 0.15) is 17.1 Å². The Hall–Kier alpha value is -4.24. The fourth-order valence-electron chi connectivity index (χ4n) is 4.54. The Morgan fingerprint density at radius 1 is 0.973 bits per heavy atom. The maximum Gasteiger partial charge on any atom is 0.295 e. The number of carbonyl (C=O) groups is 1. The van der Waals surface area contributed by atoms with Crippen molar-refractivity contribution in [2.24, 2.45) is 7.05 Å². The van der Waals surface area contributed by atoms with E-state index < -0.39 is 5.91 Å². The summed E-state index contributed by atoms with van der Waals surface area (Å²) in [7, 11) is 1.76. The number of thiophene rings is 1. The molecule has 0 fully saturated rings. The Morgan fingerprint density at radius 2 is 1.70 bits per heavy atom. The number of benzene rings is 2. The molecule has 3 heterocycles. The summed E-state index contributed by atoms with van der Waals surface area (Å²) < 4.78 is 4.48. The van der Waals surface area contributed by atoms with Crippen LogP contribution in [0.5, 0.6) is 0 Å². The average Bonchev–Trinajstić information content (AvgIpc) is 3.32. The number of aryl methyl sites for hydroxylation is 3. The summed E-state index contributed by atoms with van der Waals surface area (Å²) >= 11 is 1.46. The number of aromatic nitrogens is 4. The Morgan fingerprint density at radius 3 is 2.41 bits per heavy atom. The van der Waals surface area contributed by atoms with Crippen LogP contribution >= 0.6 is 11.3 Å². The van der Waals surface area contributed by atoms with E-state index >= 15 is 0 Å². The molecule has 0 aliphatic rings. The lowest BCUT2D eigenvalue weighted by molar-refractivity contribution is -0.116. The Kier molecular flexibility index (Phi) is 6.16. The van der Waals surface area contributed by atoms with Gasteiger partial charge in [0.15, 0.2) is 0 Å². The maximum atomic E-state index is 13.5. The molecule has 0 saturated carbocycles. The Labute approximate surface area is 217 Å². The standard InChI is InChI=1S/C28H27N5O3S/c1-16-11-12-20(13-17(16)2)23-19(4)37-26-24(23)27(35)32(15-29-26)14-22(34)30-25-18(3)31(5)33(28(25)36)21-9-7-6-8-10-21/h6-13,15H,14H2,1-5H3,(H,30,34). The van der Waals surface area contributed by atoms with Gasteiger partial charge in [-0.05, 0) is 56.5 Å². The van der Waals surface area contributed by atoms with E-state index in [1.54, 1.807) is 18.7 Å². The maximum absolute atomic E-state index is 13.5. The molecule has 0 bridgehead atoms. The van der Waals surface area contributed by atoms with Crippen LogP contribution in [0, 0.1) is 27.7 Å². The monoisotopic (exact) mass is 513 g/mol. The summed E-state index contributed by atoms with van der Waals surface area (Å²) in [5.41, 5.74) is 4.96. The van der Waals surface area contributed by atoms with Gasteiger partial charge in [-0.2, -0.15) is 0 Å². The van der Waals surface area contributed by atoms with Crippen molar-refractivity contribution in [1.29, 1.82) is 0 Å². The molecule has 1 N–H and O–H groups in total. The molecule has 0 atom stereocenters. The fourth-order valence-corrected chi connectivity index (χ4v) is 5.54. The Balaban J connectivity index is 1.49. The number of hydrogen-bond donors (Lipinski definition) is 1. The molecule has 2 aromatic carbocycles. The second kappa shape index (κ2) is 9.33. The minimum Gasteiger partial charge on any atom is -0.318 e. The number of fused-ring (bicyclic) bond motifs is 1. The van der Waals surface area contributed by atoms with Crippen molar-refractivity contribution in [3.63, 3.8) is 0 Å². The number of carbonyl (C=O) groups excluding carboxylic acids is 1. The zero-order chi connectivity index (χ0) is 26.4. The van der Waals surface area contributed by atoms with Gasteiger partial charge in [-0.15, -0.1) is 11.3 Å². The third-order valence-corrected chi connectivity index (χ3v) is 7.80. The van der Waals surface area contributed by atoms with Crippen LogP contribution in [0.25, 0.3) is 27.0 Å². The van der Waals surface area contributed by atoms with Gasteiger partial charge in [0.25, 0.3) is 11.1 Å². The highest BCUT2D eigenvalue weighted by molar-refractivity contribution is 7.19. The molecular formula is C28H27N5O3S. The van der Waals surface area contributed by atoms with Crippen LogP contribution in [0.4, 0.5) is 5.69 Å². The minimum atomic E-state index is -0.478. The first-order chi connectivity index (χ1) is 17.7. The zero-order valence-corrected chi connectivity index (χ0v) is 22.1. The van der Waals surface area contributed by atoms with Crippen LogP contribution in [0.1, 0.15) is 21.7 Å². The first kappa shape index (κ1) is 24.5. The predicted octanol–water partition coefficient (Wildman–Crippen LogP) is 4.49. The molecule has 9 heteroatoms. The molecular weight excluding hydrogens is 486 g/mol. The van der Waals surface area contributed by atoms with Gasteiger partial charge >= 0.3 is 0 Å². The number of anilines is 1. The summed E-state index contributed by atoms with van der Waals surface area (Å²) in [6.45, 7) is 7.57. The number of nitrogens with one attached hydrogen (secondary N) is 1. The van der Waals surface area contributed by atoms with Gasteiger partial charge < -0.3 is 5.32 Å². The van der Waals surface area contributed by atoms with E-state index in [-0.39, 0.29) is 23.4 Å². The van der Waals surface area contributed by atoms with Gasteiger partial charge in [-0.3, -0.25) is 23.6 Å². The third-order valence-electron chi connectivity index (χ3n) is 6.78. The SMILES string of the molecule is Cc1ccc(-c2c(C)sc3ncn(CC(=O)Nc4c(C)n(C)n(-c5ccccc5)c4=O)c(=O)c23)cc1C. The van der Waals surface area contributed by atoms with Crippen molar-refractivity contribution in [3.05, 3.63) is 97.3 Å². The van der Waals surface area contributed by atoms with Gasteiger partial charge in [-0.1, -0.05) is 36.4 Å². The van der Waals surface area contributed by atoms with Crippen LogP contribution in [-0.2, 0) is 18.4 Å². The van der Waals surface area contributed by atoms with E-state index in [4.69, 9.17) is 0 Å². The summed E-state index contributed by atoms with van der Waals surface area (Å²) in [5, 5.41) is 3.22. The second-order valence-electron chi connectivity index (χ2n) is 9.17. The molecule has 37 heavy (non-hydrogen) atoms. The lowest BCUT2D eigenvalue weighted by Gasteiger charge is -2.08. The minimum absolute atomic E-state index is 0.181. The smallest absolute Gasteiger partial charge is 0.295 e. The molecule has 3 aromatic heterocycles. The van der Waals surface area contributed by atoms with E-state index in [0.717, 1.165) is 21.6 Å². The molecule has 0 aliphatic heterocycles. The van der Waals surface area contributed by atoms with E-state index in [1.807, 2.05) is 63.2 Å². The number of rotatable bonds is 5. The summed E-state index contributed by atoms with van der Waals surface area (Å²) in [6, 6.07) is 15.3. The van der Waals surface area contributed by atoms with Crippen molar-refractivity contribution in [1.82, 2.24) is 18.9 Å². The van der Waals surface area contributed by atoms with Crippen LogP contribution in [-0.4, -0.2) is 24.8 Å². The van der Waals surface area contributed by atoms with Gasteiger partial charge in [0, 0.05) is 17.5 Å². The average molecular weight is 514 g/mol. The molecule has 1 amide bonds. The molecule has 0 spiro atoms. The van der Waals surface area contributed by atoms with Crippen LogP contribution in [0.2, 0.25) is 0 Å². The number of amides is 1. The molecule has 8 nitrogen and oxygen atoms in total. The third kappa shape index (κ3) is 4.21. The normalized spacial score (nSPS) is 11.3. The van der Waals surface area contributed by atoms with E-state index in [9.17, 15) is 14.4 Å². The molecule has 0 saturated heterocycles. The Bertz CT molecular complexity index is 1790. The molecule has 0 radical (unpaired) electrons. The van der Waals surface area contributed by atoms with Crippen molar-refractivity contribution >= 4 is 33.1 Å².